The lowest BCUT2D eigenvalue weighted by molar-refractivity contribution is 0.191. The molecule has 2 N–H and O–H groups in total. The Morgan fingerprint density at radius 2 is 1.81 bits per heavy atom. The number of hydrogen-bond donors (Lipinski definition) is 2. The number of unbranched alkanes of at least 4 members (excludes halogenated alkanes) is 1. The molecule has 1 atom stereocenters. The van der Waals surface area contributed by atoms with Crippen molar-refractivity contribution in [1.82, 2.24) is 9.97 Å². The van der Waals surface area contributed by atoms with Crippen LogP contribution in [0.25, 0.3) is 11.3 Å². The van der Waals surface area contributed by atoms with E-state index in [9.17, 15) is 5.11 Å². The quantitative estimate of drug-likeness (QED) is 0.549. The van der Waals surface area contributed by atoms with Crippen molar-refractivity contribution in [2.24, 2.45) is 0 Å². The van der Waals surface area contributed by atoms with Crippen molar-refractivity contribution in [3.05, 3.63) is 72.6 Å². The van der Waals surface area contributed by atoms with E-state index in [1.165, 1.54) is 6.33 Å². The fraction of sp³-hybridized carbons (Fsp3) is 0.273. The second-order valence-electron chi connectivity index (χ2n) is 6.32. The van der Waals surface area contributed by atoms with Crippen molar-refractivity contribution in [1.29, 1.82) is 0 Å². The summed E-state index contributed by atoms with van der Waals surface area (Å²) in [5, 5.41) is 13.4. The van der Waals surface area contributed by atoms with Crippen LogP contribution in [0.1, 0.15) is 31.4 Å². The first-order valence-electron chi connectivity index (χ1n) is 9.28. The molecule has 0 spiro atoms. The molecule has 1 heterocycles. The van der Waals surface area contributed by atoms with E-state index in [0.29, 0.717) is 12.4 Å². The summed E-state index contributed by atoms with van der Waals surface area (Å²) < 4.78 is 5.70. The Morgan fingerprint density at radius 1 is 1.04 bits per heavy atom. The van der Waals surface area contributed by atoms with Gasteiger partial charge in [-0.15, -0.1) is 0 Å². The first kappa shape index (κ1) is 18.9. The number of nitrogens with one attached hydrogen (secondary N) is 1. The van der Waals surface area contributed by atoms with Gasteiger partial charge in [0.1, 0.15) is 17.9 Å². The Labute approximate surface area is 160 Å². The summed E-state index contributed by atoms with van der Waals surface area (Å²) in [5.41, 5.74) is 2.69. The summed E-state index contributed by atoms with van der Waals surface area (Å²) in [4.78, 5) is 8.59. The van der Waals surface area contributed by atoms with Crippen LogP contribution < -0.4 is 10.1 Å². The van der Waals surface area contributed by atoms with E-state index < -0.39 is 6.10 Å². The molecule has 0 amide bonds. The van der Waals surface area contributed by atoms with E-state index in [-0.39, 0.29) is 0 Å². The highest BCUT2D eigenvalue weighted by Gasteiger charge is 2.08. The first-order chi connectivity index (χ1) is 13.3. The highest BCUT2D eigenvalue weighted by Crippen LogP contribution is 2.22. The first-order valence-corrected chi connectivity index (χ1v) is 9.28. The molecule has 0 aliphatic rings. The molecule has 0 unspecified atom stereocenters. The molecule has 140 valence electrons. The molecule has 0 aliphatic carbocycles. The van der Waals surface area contributed by atoms with Crippen molar-refractivity contribution in [3.63, 3.8) is 0 Å². The van der Waals surface area contributed by atoms with Gasteiger partial charge in [0.2, 0.25) is 0 Å². The molecule has 0 aliphatic heterocycles. The van der Waals surface area contributed by atoms with E-state index in [2.05, 4.69) is 22.2 Å². The number of ether oxygens (including phenoxy) is 1. The molecule has 0 saturated heterocycles. The monoisotopic (exact) mass is 363 g/mol. The molecule has 2 aromatic carbocycles. The molecule has 0 radical (unpaired) electrons. The Bertz CT molecular complexity index is 822. The van der Waals surface area contributed by atoms with Gasteiger partial charge in [0, 0.05) is 18.2 Å². The fourth-order valence-corrected chi connectivity index (χ4v) is 2.66. The Hall–Kier alpha value is -2.92. The summed E-state index contributed by atoms with van der Waals surface area (Å²) in [6.45, 7) is 3.26. The van der Waals surface area contributed by atoms with E-state index in [4.69, 9.17) is 4.74 Å². The van der Waals surface area contributed by atoms with Crippen LogP contribution in [0.3, 0.4) is 0 Å². The molecule has 0 saturated carbocycles. The predicted molar refractivity (Wildman–Crippen MR) is 108 cm³/mol. The Morgan fingerprint density at radius 3 is 2.56 bits per heavy atom. The highest BCUT2D eigenvalue weighted by molar-refractivity contribution is 5.62. The van der Waals surface area contributed by atoms with Crippen LogP contribution >= 0.6 is 0 Å². The van der Waals surface area contributed by atoms with Crippen LogP contribution in [-0.2, 0) is 0 Å². The highest BCUT2D eigenvalue weighted by atomic mass is 16.5. The van der Waals surface area contributed by atoms with Gasteiger partial charge < -0.3 is 15.2 Å². The van der Waals surface area contributed by atoms with Crippen LogP contribution in [-0.4, -0.2) is 28.2 Å². The molecule has 3 aromatic rings. The molecule has 5 heteroatoms. The Balaban J connectivity index is 1.61. The predicted octanol–water partition coefficient (Wildman–Crippen LogP) is 4.47. The third kappa shape index (κ3) is 5.53. The Kier molecular flexibility index (Phi) is 6.77. The number of nitrogens with zero attached hydrogens (tertiary/aromatic N) is 2. The van der Waals surface area contributed by atoms with Crippen molar-refractivity contribution < 1.29 is 9.84 Å². The fourth-order valence-electron chi connectivity index (χ4n) is 2.66. The lowest BCUT2D eigenvalue weighted by Crippen LogP contribution is -2.13. The van der Waals surface area contributed by atoms with E-state index in [1.54, 1.807) is 0 Å². The SMILES string of the molecule is CCCCOc1ccc(-c2cc(NC[C@H](O)c3ccccc3)ncn2)cc1. The lowest BCUT2D eigenvalue weighted by Gasteiger charge is -2.13. The minimum Gasteiger partial charge on any atom is -0.494 e. The molecule has 1 aromatic heterocycles. The summed E-state index contributed by atoms with van der Waals surface area (Å²) >= 11 is 0. The average Bonchev–Trinajstić information content (AvgIpc) is 2.73. The van der Waals surface area contributed by atoms with Crippen molar-refractivity contribution in [3.8, 4) is 17.0 Å². The van der Waals surface area contributed by atoms with Crippen LogP contribution in [0.5, 0.6) is 5.75 Å². The molecule has 0 bridgehead atoms. The number of aromatic nitrogens is 2. The zero-order valence-corrected chi connectivity index (χ0v) is 15.5. The summed E-state index contributed by atoms with van der Waals surface area (Å²) in [6, 6.07) is 19.3. The smallest absolute Gasteiger partial charge is 0.130 e. The van der Waals surface area contributed by atoms with Gasteiger partial charge in [-0.2, -0.15) is 0 Å². The number of anilines is 1. The van der Waals surface area contributed by atoms with Gasteiger partial charge in [-0.3, -0.25) is 0 Å². The molecule has 27 heavy (non-hydrogen) atoms. The molecule has 0 fully saturated rings. The molecular weight excluding hydrogens is 338 g/mol. The van der Waals surface area contributed by atoms with E-state index >= 15 is 0 Å². The number of rotatable bonds is 9. The third-order valence-electron chi connectivity index (χ3n) is 4.24. The van der Waals surface area contributed by atoms with Crippen molar-refractivity contribution in [2.75, 3.05) is 18.5 Å². The van der Waals surface area contributed by atoms with Gasteiger partial charge in [0.25, 0.3) is 0 Å². The lowest BCUT2D eigenvalue weighted by atomic mass is 10.1. The minimum absolute atomic E-state index is 0.380. The van der Waals surface area contributed by atoms with Gasteiger partial charge in [-0.25, -0.2) is 9.97 Å². The van der Waals surface area contributed by atoms with Crippen LogP contribution in [0, 0.1) is 0 Å². The summed E-state index contributed by atoms with van der Waals surface area (Å²) in [6.07, 6.45) is 3.10. The number of aliphatic hydroxyl groups is 1. The maximum atomic E-state index is 10.3. The number of benzene rings is 2. The summed E-state index contributed by atoms with van der Waals surface area (Å²) in [5.74, 6) is 1.55. The van der Waals surface area contributed by atoms with Crippen LogP contribution in [0.4, 0.5) is 5.82 Å². The van der Waals surface area contributed by atoms with Gasteiger partial charge >= 0.3 is 0 Å². The third-order valence-corrected chi connectivity index (χ3v) is 4.24. The average molecular weight is 363 g/mol. The molecule has 3 rings (SSSR count). The molecule has 5 nitrogen and oxygen atoms in total. The zero-order valence-electron chi connectivity index (χ0n) is 15.5. The standard InChI is InChI=1S/C22H25N3O2/c1-2-3-13-27-19-11-9-17(10-12-19)20-14-22(25-16-24-20)23-15-21(26)18-7-5-4-6-8-18/h4-12,14,16,21,26H,2-3,13,15H2,1H3,(H,23,24,25)/t21-/m0/s1. The maximum absolute atomic E-state index is 10.3. The van der Waals surface area contributed by atoms with Crippen molar-refractivity contribution in [2.45, 2.75) is 25.9 Å². The molecular formula is C22H25N3O2. The zero-order chi connectivity index (χ0) is 18.9. The van der Waals surface area contributed by atoms with Crippen molar-refractivity contribution >= 4 is 5.82 Å². The van der Waals surface area contributed by atoms with Crippen LogP contribution in [0.15, 0.2) is 67.0 Å². The van der Waals surface area contributed by atoms with E-state index in [0.717, 1.165) is 42.0 Å². The number of aliphatic hydroxyl groups excluding tert-OH is 1. The van der Waals surface area contributed by atoms with Crippen LogP contribution in [0.2, 0.25) is 0 Å². The largest absolute Gasteiger partial charge is 0.494 e. The van der Waals surface area contributed by atoms with Gasteiger partial charge in [-0.1, -0.05) is 43.7 Å². The van der Waals surface area contributed by atoms with Gasteiger partial charge in [0.15, 0.2) is 0 Å². The van der Waals surface area contributed by atoms with E-state index in [1.807, 2.05) is 60.7 Å². The maximum Gasteiger partial charge on any atom is 0.130 e. The minimum atomic E-state index is -0.593. The normalized spacial score (nSPS) is 11.8. The second-order valence-corrected chi connectivity index (χ2v) is 6.32. The second kappa shape index (κ2) is 9.69. The van der Waals surface area contributed by atoms with Gasteiger partial charge in [-0.05, 0) is 36.2 Å². The van der Waals surface area contributed by atoms with Gasteiger partial charge in [0.05, 0.1) is 18.4 Å². The topological polar surface area (TPSA) is 67.3 Å². The number of hydrogen-bond acceptors (Lipinski definition) is 5. The summed E-state index contributed by atoms with van der Waals surface area (Å²) in [7, 11) is 0.